The van der Waals surface area contributed by atoms with Crippen LogP contribution in [0.1, 0.15) is 12.8 Å². The molecule has 2 amide bonds. The number of benzene rings is 1. The minimum Gasteiger partial charge on any atom is -0.391 e. The quantitative estimate of drug-likeness (QED) is 0.554. The fraction of sp³-hybridized carbons (Fsp3) is 0.417. The van der Waals surface area contributed by atoms with Gasteiger partial charge in [0.15, 0.2) is 0 Å². The Kier molecular flexibility index (Phi) is 3.96. The lowest BCUT2D eigenvalue weighted by molar-refractivity contribution is -0.384. The molecule has 0 spiro atoms. The van der Waals surface area contributed by atoms with Crippen LogP contribution in [-0.4, -0.2) is 28.7 Å². The van der Waals surface area contributed by atoms with Crippen LogP contribution in [0.15, 0.2) is 24.3 Å². The second-order valence-electron chi connectivity index (χ2n) is 4.54. The zero-order valence-electron chi connectivity index (χ0n) is 10.2. The van der Waals surface area contributed by atoms with Gasteiger partial charge in [-0.05, 0) is 30.9 Å². The lowest BCUT2D eigenvalue weighted by atomic mass is 10.2. The largest absolute Gasteiger partial charge is 0.391 e. The van der Waals surface area contributed by atoms with Crippen LogP contribution in [0, 0.1) is 16.0 Å². The number of rotatable bonds is 5. The van der Waals surface area contributed by atoms with Gasteiger partial charge in [-0.3, -0.25) is 10.1 Å². The Bertz CT molecular complexity index is 470. The van der Waals surface area contributed by atoms with Crippen molar-refractivity contribution < 1.29 is 14.8 Å². The van der Waals surface area contributed by atoms with Crippen LogP contribution in [0.4, 0.5) is 16.2 Å². The molecule has 102 valence electrons. The molecule has 1 aromatic rings. The number of nitrogens with zero attached hydrogens (tertiary/aromatic N) is 1. The van der Waals surface area contributed by atoms with E-state index in [2.05, 4.69) is 10.6 Å². The maximum atomic E-state index is 11.5. The number of carbonyl (C=O) groups is 1. The Hall–Kier alpha value is -2.15. The number of nitrogens with one attached hydrogen (secondary N) is 2. The van der Waals surface area contributed by atoms with Gasteiger partial charge in [0.2, 0.25) is 0 Å². The number of non-ortho nitro benzene ring substituents is 1. The van der Waals surface area contributed by atoms with Crippen molar-refractivity contribution in [1.82, 2.24) is 5.32 Å². The van der Waals surface area contributed by atoms with Crippen LogP contribution < -0.4 is 10.6 Å². The zero-order valence-corrected chi connectivity index (χ0v) is 10.2. The molecule has 1 aromatic carbocycles. The van der Waals surface area contributed by atoms with Gasteiger partial charge < -0.3 is 15.7 Å². The molecule has 19 heavy (non-hydrogen) atoms. The molecular weight excluding hydrogens is 250 g/mol. The summed E-state index contributed by atoms with van der Waals surface area (Å²) in [6.45, 7) is 0.212. The summed E-state index contributed by atoms with van der Waals surface area (Å²) in [5, 5.41) is 25.1. The van der Waals surface area contributed by atoms with Crippen molar-refractivity contribution >= 4 is 17.4 Å². The highest BCUT2D eigenvalue weighted by Crippen LogP contribution is 2.32. The first-order chi connectivity index (χ1) is 9.06. The van der Waals surface area contributed by atoms with E-state index in [-0.39, 0.29) is 12.2 Å². The predicted octanol–water partition coefficient (Wildman–Crippen LogP) is 1.49. The number of hydrogen-bond donors (Lipinski definition) is 3. The Morgan fingerprint density at radius 1 is 1.42 bits per heavy atom. The van der Waals surface area contributed by atoms with Gasteiger partial charge in [-0.25, -0.2) is 4.79 Å². The molecule has 1 atom stereocenters. The molecule has 0 aliphatic heterocycles. The first-order valence-electron chi connectivity index (χ1n) is 6.03. The van der Waals surface area contributed by atoms with Crippen molar-refractivity contribution in [3.63, 3.8) is 0 Å². The Balaban J connectivity index is 1.79. The van der Waals surface area contributed by atoms with Gasteiger partial charge in [-0.2, -0.15) is 0 Å². The van der Waals surface area contributed by atoms with Crippen LogP contribution in [0.25, 0.3) is 0 Å². The van der Waals surface area contributed by atoms with Crippen molar-refractivity contribution in [3.8, 4) is 0 Å². The average Bonchev–Trinajstić information content (AvgIpc) is 3.21. The first-order valence-corrected chi connectivity index (χ1v) is 6.03. The van der Waals surface area contributed by atoms with Gasteiger partial charge in [-0.1, -0.05) is 0 Å². The molecule has 0 saturated heterocycles. The molecule has 1 aliphatic rings. The Labute approximate surface area is 109 Å². The molecule has 1 saturated carbocycles. The maximum absolute atomic E-state index is 11.5. The number of nitro groups is 1. The van der Waals surface area contributed by atoms with Crippen molar-refractivity contribution in [2.75, 3.05) is 11.9 Å². The van der Waals surface area contributed by atoms with Gasteiger partial charge in [0.25, 0.3) is 5.69 Å². The van der Waals surface area contributed by atoms with Crippen molar-refractivity contribution in [3.05, 3.63) is 34.4 Å². The summed E-state index contributed by atoms with van der Waals surface area (Å²) in [6, 6.07) is 5.10. The van der Waals surface area contributed by atoms with Crippen molar-refractivity contribution in [2.45, 2.75) is 18.9 Å². The van der Waals surface area contributed by atoms with E-state index < -0.39 is 17.1 Å². The average molecular weight is 265 g/mol. The number of urea groups is 1. The standard InChI is InChI=1S/C12H15N3O4/c16-11(8-1-2-8)7-13-12(17)14-9-3-5-10(6-4-9)15(18)19/h3-6,8,11,16H,1-2,7H2,(H2,13,14,17). The van der Waals surface area contributed by atoms with E-state index in [9.17, 15) is 20.0 Å². The van der Waals surface area contributed by atoms with E-state index in [0.29, 0.717) is 11.6 Å². The second kappa shape index (κ2) is 5.66. The summed E-state index contributed by atoms with van der Waals surface area (Å²) in [6.07, 6.45) is 1.52. The summed E-state index contributed by atoms with van der Waals surface area (Å²) < 4.78 is 0. The fourth-order valence-corrected chi connectivity index (χ4v) is 1.69. The minimum atomic E-state index is -0.504. The summed E-state index contributed by atoms with van der Waals surface area (Å²) in [5.41, 5.74) is 0.430. The van der Waals surface area contributed by atoms with Gasteiger partial charge in [0, 0.05) is 24.4 Å². The number of nitro benzene ring substituents is 1. The lowest BCUT2D eigenvalue weighted by Gasteiger charge is -2.11. The van der Waals surface area contributed by atoms with E-state index in [0.717, 1.165) is 12.8 Å². The topological polar surface area (TPSA) is 104 Å². The molecule has 3 N–H and O–H groups in total. The van der Waals surface area contributed by atoms with Crippen LogP contribution in [0.5, 0.6) is 0 Å². The monoisotopic (exact) mass is 265 g/mol. The molecule has 0 aromatic heterocycles. The number of carbonyl (C=O) groups excluding carboxylic acids is 1. The normalized spacial score (nSPS) is 15.6. The number of anilines is 1. The van der Waals surface area contributed by atoms with Gasteiger partial charge in [0.1, 0.15) is 0 Å². The van der Waals surface area contributed by atoms with E-state index in [1.807, 2.05) is 0 Å². The van der Waals surface area contributed by atoms with E-state index in [1.54, 1.807) is 0 Å². The molecule has 0 heterocycles. The third-order valence-corrected chi connectivity index (χ3v) is 2.97. The number of hydrogen-bond acceptors (Lipinski definition) is 4. The SMILES string of the molecule is O=C(NCC(O)C1CC1)Nc1ccc([N+](=O)[O-])cc1. The summed E-state index contributed by atoms with van der Waals surface area (Å²) in [4.78, 5) is 21.5. The second-order valence-corrected chi connectivity index (χ2v) is 4.54. The van der Waals surface area contributed by atoms with E-state index >= 15 is 0 Å². The first kappa shape index (κ1) is 13.3. The molecule has 1 fully saturated rings. The Morgan fingerprint density at radius 3 is 2.58 bits per heavy atom. The Morgan fingerprint density at radius 2 is 2.05 bits per heavy atom. The smallest absolute Gasteiger partial charge is 0.319 e. The molecule has 2 rings (SSSR count). The molecule has 7 heteroatoms. The highest BCUT2D eigenvalue weighted by atomic mass is 16.6. The predicted molar refractivity (Wildman–Crippen MR) is 68.8 cm³/mol. The summed E-state index contributed by atoms with van der Waals surface area (Å²) >= 11 is 0. The molecule has 1 aliphatic carbocycles. The molecule has 7 nitrogen and oxygen atoms in total. The van der Waals surface area contributed by atoms with Gasteiger partial charge >= 0.3 is 6.03 Å². The van der Waals surface area contributed by atoms with Gasteiger partial charge in [0.05, 0.1) is 11.0 Å². The van der Waals surface area contributed by atoms with Crippen LogP contribution in [0.2, 0.25) is 0 Å². The molecular formula is C12H15N3O4. The number of aliphatic hydroxyl groups excluding tert-OH is 1. The maximum Gasteiger partial charge on any atom is 0.319 e. The van der Waals surface area contributed by atoms with Crippen LogP contribution >= 0.6 is 0 Å². The highest BCUT2D eigenvalue weighted by Gasteiger charge is 2.29. The number of aliphatic hydroxyl groups is 1. The van der Waals surface area contributed by atoms with Gasteiger partial charge in [-0.15, -0.1) is 0 Å². The molecule has 0 bridgehead atoms. The summed E-state index contributed by atoms with van der Waals surface area (Å²) in [5.74, 6) is 0.305. The van der Waals surface area contributed by atoms with Crippen molar-refractivity contribution in [1.29, 1.82) is 0 Å². The molecule has 0 radical (unpaired) electrons. The highest BCUT2D eigenvalue weighted by molar-refractivity contribution is 5.89. The fourth-order valence-electron chi connectivity index (χ4n) is 1.69. The number of amides is 2. The minimum absolute atomic E-state index is 0.0323. The molecule has 1 unspecified atom stereocenters. The van der Waals surface area contributed by atoms with E-state index in [4.69, 9.17) is 0 Å². The van der Waals surface area contributed by atoms with Crippen LogP contribution in [0.3, 0.4) is 0 Å². The third kappa shape index (κ3) is 3.92. The summed E-state index contributed by atoms with van der Waals surface area (Å²) in [7, 11) is 0. The zero-order chi connectivity index (χ0) is 13.8. The van der Waals surface area contributed by atoms with E-state index in [1.165, 1.54) is 24.3 Å². The van der Waals surface area contributed by atoms with Crippen molar-refractivity contribution in [2.24, 2.45) is 5.92 Å². The third-order valence-electron chi connectivity index (χ3n) is 2.97. The van der Waals surface area contributed by atoms with Crippen LogP contribution in [-0.2, 0) is 0 Å². The lowest BCUT2D eigenvalue weighted by Crippen LogP contribution is -2.36.